The number of nitrogens with zero attached hydrogens (tertiary/aromatic N) is 2. The van der Waals surface area contributed by atoms with Crippen LogP contribution in [0.25, 0.3) is 0 Å². The fraction of sp³-hybridized carbons (Fsp3) is 0.273. The summed E-state index contributed by atoms with van der Waals surface area (Å²) in [4.78, 5) is 28.7. The van der Waals surface area contributed by atoms with Crippen LogP contribution >= 0.6 is 15.9 Å². The van der Waals surface area contributed by atoms with Gasteiger partial charge in [-0.15, -0.1) is 0 Å². The zero-order chi connectivity index (χ0) is 19.4. The van der Waals surface area contributed by atoms with Gasteiger partial charge in [0.05, 0.1) is 0 Å². The van der Waals surface area contributed by atoms with Gasteiger partial charge in [0.25, 0.3) is 0 Å². The van der Waals surface area contributed by atoms with Gasteiger partial charge in [0.1, 0.15) is 0 Å². The summed E-state index contributed by atoms with van der Waals surface area (Å²) in [6, 6.07) is 13.4. The molecule has 0 atom stereocenters. The Hall–Kier alpha value is -2.40. The number of aryl methyl sites for hydroxylation is 1. The Labute approximate surface area is 168 Å². The van der Waals surface area contributed by atoms with Gasteiger partial charge >= 0.3 is 0 Å². The van der Waals surface area contributed by atoms with Crippen molar-refractivity contribution in [2.45, 2.75) is 13.8 Å². The van der Waals surface area contributed by atoms with Crippen molar-refractivity contribution in [2.24, 2.45) is 0 Å². The first kappa shape index (κ1) is 19.4. The molecule has 0 bridgehead atoms. The van der Waals surface area contributed by atoms with E-state index in [2.05, 4.69) is 52.9 Å². The lowest BCUT2D eigenvalue weighted by molar-refractivity contribution is -0.126. The molecule has 0 unspecified atom stereocenters. The molecule has 1 fully saturated rings. The number of allylic oxidation sites excluding steroid dienone is 1. The maximum Gasteiger partial charge on any atom is 0.246 e. The third kappa shape index (κ3) is 4.66. The summed E-state index contributed by atoms with van der Waals surface area (Å²) >= 11 is 3.34. The third-order valence-corrected chi connectivity index (χ3v) is 5.54. The van der Waals surface area contributed by atoms with E-state index in [0.29, 0.717) is 18.7 Å². The number of ketones is 1. The molecule has 4 nitrogen and oxygen atoms in total. The van der Waals surface area contributed by atoms with E-state index in [-0.39, 0.29) is 11.7 Å². The molecule has 1 amide bonds. The van der Waals surface area contributed by atoms with E-state index in [1.807, 2.05) is 12.1 Å². The van der Waals surface area contributed by atoms with Crippen molar-refractivity contribution < 1.29 is 9.59 Å². The van der Waals surface area contributed by atoms with Crippen molar-refractivity contribution in [3.63, 3.8) is 0 Å². The van der Waals surface area contributed by atoms with Gasteiger partial charge < -0.3 is 9.80 Å². The number of amides is 1. The molecule has 0 spiro atoms. The Morgan fingerprint density at radius 1 is 0.926 bits per heavy atom. The SMILES string of the molecule is Cc1cccc(N2CCN(C(=O)/C=C/C(=O)c3ccc(Br)cc3)CC2)c1C. The van der Waals surface area contributed by atoms with Crippen molar-refractivity contribution in [3.8, 4) is 0 Å². The summed E-state index contributed by atoms with van der Waals surface area (Å²) in [6.45, 7) is 7.16. The van der Waals surface area contributed by atoms with Crippen LogP contribution in [0.3, 0.4) is 0 Å². The minimum Gasteiger partial charge on any atom is -0.368 e. The van der Waals surface area contributed by atoms with Crippen LogP contribution in [0.15, 0.2) is 59.1 Å². The van der Waals surface area contributed by atoms with E-state index >= 15 is 0 Å². The molecule has 0 aliphatic carbocycles. The van der Waals surface area contributed by atoms with Crippen LogP contribution in [0.4, 0.5) is 5.69 Å². The molecular formula is C22H23BrN2O2. The van der Waals surface area contributed by atoms with Crippen LogP contribution in [0, 0.1) is 13.8 Å². The van der Waals surface area contributed by atoms with E-state index in [1.165, 1.54) is 29.0 Å². The topological polar surface area (TPSA) is 40.6 Å². The normalized spacial score (nSPS) is 14.6. The maximum absolute atomic E-state index is 12.4. The van der Waals surface area contributed by atoms with E-state index < -0.39 is 0 Å². The van der Waals surface area contributed by atoms with Gasteiger partial charge in [-0.2, -0.15) is 0 Å². The van der Waals surface area contributed by atoms with Crippen LogP contribution in [-0.2, 0) is 4.79 Å². The van der Waals surface area contributed by atoms with Crippen LogP contribution in [-0.4, -0.2) is 42.8 Å². The van der Waals surface area contributed by atoms with Crippen LogP contribution in [0.5, 0.6) is 0 Å². The van der Waals surface area contributed by atoms with Crippen molar-refractivity contribution in [1.82, 2.24) is 4.90 Å². The molecule has 5 heteroatoms. The summed E-state index contributed by atoms with van der Waals surface area (Å²) in [5.74, 6) is -0.272. The summed E-state index contributed by atoms with van der Waals surface area (Å²) in [5.41, 5.74) is 4.38. The van der Waals surface area contributed by atoms with Gasteiger partial charge in [-0.3, -0.25) is 9.59 Å². The van der Waals surface area contributed by atoms with Gasteiger partial charge in [0.15, 0.2) is 5.78 Å². The Bertz CT molecular complexity index is 866. The third-order valence-electron chi connectivity index (χ3n) is 5.01. The number of carbonyl (C=O) groups is 2. The fourth-order valence-corrected chi connectivity index (χ4v) is 3.47. The number of benzene rings is 2. The van der Waals surface area contributed by atoms with Gasteiger partial charge in [-0.25, -0.2) is 0 Å². The molecule has 3 rings (SSSR count). The maximum atomic E-state index is 12.4. The van der Waals surface area contributed by atoms with Gasteiger partial charge in [0.2, 0.25) is 5.91 Å². The number of anilines is 1. The summed E-state index contributed by atoms with van der Waals surface area (Å²) in [7, 11) is 0. The highest BCUT2D eigenvalue weighted by Gasteiger charge is 2.21. The molecule has 2 aromatic rings. The fourth-order valence-electron chi connectivity index (χ4n) is 3.21. The molecule has 1 heterocycles. The quantitative estimate of drug-likeness (QED) is 0.544. The van der Waals surface area contributed by atoms with Crippen LogP contribution < -0.4 is 4.90 Å². The minimum absolute atomic E-state index is 0.110. The summed E-state index contributed by atoms with van der Waals surface area (Å²) < 4.78 is 0.917. The van der Waals surface area contributed by atoms with E-state index in [0.717, 1.165) is 17.6 Å². The zero-order valence-electron chi connectivity index (χ0n) is 15.6. The largest absolute Gasteiger partial charge is 0.368 e. The van der Waals surface area contributed by atoms with Gasteiger partial charge in [-0.05, 0) is 61.4 Å². The molecule has 27 heavy (non-hydrogen) atoms. The predicted molar refractivity (Wildman–Crippen MR) is 112 cm³/mol. The second-order valence-electron chi connectivity index (χ2n) is 6.74. The first-order valence-corrected chi connectivity index (χ1v) is 9.83. The molecule has 0 saturated carbocycles. The monoisotopic (exact) mass is 426 g/mol. The average Bonchev–Trinajstić information content (AvgIpc) is 2.68. The number of hydrogen-bond acceptors (Lipinski definition) is 3. The molecule has 1 aliphatic rings. The van der Waals surface area contributed by atoms with Crippen molar-refractivity contribution >= 4 is 33.3 Å². The summed E-state index contributed by atoms with van der Waals surface area (Å²) in [5, 5.41) is 0. The highest BCUT2D eigenvalue weighted by atomic mass is 79.9. The number of carbonyl (C=O) groups excluding carboxylic acids is 2. The van der Waals surface area contributed by atoms with E-state index in [4.69, 9.17) is 0 Å². The molecule has 0 aromatic heterocycles. The van der Waals surface area contributed by atoms with Crippen molar-refractivity contribution in [2.75, 3.05) is 31.1 Å². The van der Waals surface area contributed by atoms with E-state index in [1.54, 1.807) is 17.0 Å². The number of halogens is 1. The average molecular weight is 427 g/mol. The number of hydrogen-bond donors (Lipinski definition) is 0. The van der Waals surface area contributed by atoms with Crippen molar-refractivity contribution in [3.05, 3.63) is 75.8 Å². The predicted octanol–water partition coefficient (Wildman–Crippen LogP) is 4.15. The molecule has 140 valence electrons. The highest BCUT2D eigenvalue weighted by molar-refractivity contribution is 9.10. The number of rotatable bonds is 4. The number of piperazine rings is 1. The first-order chi connectivity index (χ1) is 13.0. The Balaban J connectivity index is 1.57. The van der Waals surface area contributed by atoms with Crippen LogP contribution in [0.2, 0.25) is 0 Å². The lowest BCUT2D eigenvalue weighted by Gasteiger charge is -2.36. The Morgan fingerprint density at radius 2 is 1.59 bits per heavy atom. The van der Waals surface area contributed by atoms with Crippen molar-refractivity contribution in [1.29, 1.82) is 0 Å². The van der Waals surface area contributed by atoms with Gasteiger partial charge in [0, 0.05) is 48.0 Å². The smallest absolute Gasteiger partial charge is 0.246 e. The van der Waals surface area contributed by atoms with E-state index in [9.17, 15) is 9.59 Å². The minimum atomic E-state index is -0.162. The second kappa shape index (κ2) is 8.53. The van der Waals surface area contributed by atoms with Gasteiger partial charge in [-0.1, -0.05) is 28.1 Å². The lowest BCUT2D eigenvalue weighted by Crippen LogP contribution is -2.48. The first-order valence-electron chi connectivity index (χ1n) is 9.04. The zero-order valence-corrected chi connectivity index (χ0v) is 17.2. The molecule has 0 radical (unpaired) electrons. The Kier molecular flexibility index (Phi) is 6.11. The molecule has 0 N–H and O–H groups in total. The molecular weight excluding hydrogens is 404 g/mol. The molecule has 1 aliphatic heterocycles. The molecule has 2 aromatic carbocycles. The molecule has 1 saturated heterocycles. The Morgan fingerprint density at radius 3 is 2.26 bits per heavy atom. The highest BCUT2D eigenvalue weighted by Crippen LogP contribution is 2.23. The lowest BCUT2D eigenvalue weighted by atomic mass is 10.1. The van der Waals surface area contributed by atoms with Crippen LogP contribution in [0.1, 0.15) is 21.5 Å². The summed E-state index contributed by atoms with van der Waals surface area (Å²) in [6.07, 6.45) is 2.75. The second-order valence-corrected chi connectivity index (χ2v) is 7.65. The standard InChI is InChI=1S/C22H23BrN2O2/c1-16-4-3-5-20(17(16)2)24-12-14-25(15-13-24)22(27)11-10-21(26)18-6-8-19(23)9-7-18/h3-11H,12-15H2,1-2H3/b11-10+.